The highest BCUT2D eigenvalue weighted by atomic mass is 16.1. The standard InChI is InChI=1S/C13H11N5O/c19-13(7-12-14-4-1-5-15-12)18-9-2-3-10-11(6-9)17-8-16-10/h1-6,8H,7H2,(H,16,17)(H,18,19). The number of aromatic amines is 1. The SMILES string of the molecule is O=C(Cc1ncccn1)Nc1ccc2nc[nH]c2c1. The Kier molecular flexibility index (Phi) is 2.89. The molecule has 2 heterocycles. The first-order valence-corrected chi connectivity index (χ1v) is 5.80. The van der Waals surface area contributed by atoms with Gasteiger partial charge in [-0.2, -0.15) is 0 Å². The molecule has 2 N–H and O–H groups in total. The van der Waals surface area contributed by atoms with Crippen molar-refractivity contribution in [1.29, 1.82) is 0 Å². The van der Waals surface area contributed by atoms with Crippen molar-refractivity contribution in [2.45, 2.75) is 6.42 Å². The van der Waals surface area contributed by atoms with Crippen molar-refractivity contribution >= 4 is 22.6 Å². The van der Waals surface area contributed by atoms with Gasteiger partial charge >= 0.3 is 0 Å². The molecule has 0 spiro atoms. The number of imidazole rings is 1. The van der Waals surface area contributed by atoms with E-state index in [2.05, 4.69) is 25.3 Å². The monoisotopic (exact) mass is 253 g/mol. The van der Waals surface area contributed by atoms with Crippen LogP contribution in [0.1, 0.15) is 5.82 Å². The van der Waals surface area contributed by atoms with Gasteiger partial charge in [0, 0.05) is 18.1 Å². The van der Waals surface area contributed by atoms with E-state index in [0.29, 0.717) is 5.82 Å². The van der Waals surface area contributed by atoms with E-state index >= 15 is 0 Å². The molecule has 0 aliphatic heterocycles. The number of carbonyl (C=O) groups excluding carboxylic acids is 1. The summed E-state index contributed by atoms with van der Waals surface area (Å²) < 4.78 is 0. The number of carbonyl (C=O) groups is 1. The fraction of sp³-hybridized carbons (Fsp3) is 0.0769. The fourth-order valence-corrected chi connectivity index (χ4v) is 1.78. The third-order valence-corrected chi connectivity index (χ3v) is 2.64. The van der Waals surface area contributed by atoms with Gasteiger partial charge in [-0.1, -0.05) is 0 Å². The quantitative estimate of drug-likeness (QED) is 0.741. The number of fused-ring (bicyclic) bond motifs is 1. The van der Waals surface area contributed by atoms with Crippen molar-refractivity contribution in [1.82, 2.24) is 19.9 Å². The molecule has 1 aromatic carbocycles. The predicted octanol–water partition coefficient (Wildman–Crippen LogP) is 1.53. The second-order valence-corrected chi connectivity index (χ2v) is 4.02. The van der Waals surface area contributed by atoms with Gasteiger partial charge in [0.25, 0.3) is 0 Å². The number of amides is 1. The van der Waals surface area contributed by atoms with E-state index in [0.717, 1.165) is 16.7 Å². The number of rotatable bonds is 3. The Morgan fingerprint density at radius 1 is 1.21 bits per heavy atom. The van der Waals surface area contributed by atoms with E-state index in [-0.39, 0.29) is 12.3 Å². The van der Waals surface area contributed by atoms with E-state index in [4.69, 9.17) is 0 Å². The van der Waals surface area contributed by atoms with Crippen molar-refractivity contribution in [2.75, 3.05) is 5.32 Å². The summed E-state index contributed by atoms with van der Waals surface area (Å²) >= 11 is 0. The minimum atomic E-state index is -0.148. The van der Waals surface area contributed by atoms with E-state index in [1.807, 2.05) is 18.2 Å². The highest BCUT2D eigenvalue weighted by Crippen LogP contribution is 2.15. The number of hydrogen-bond donors (Lipinski definition) is 2. The number of benzene rings is 1. The third-order valence-electron chi connectivity index (χ3n) is 2.64. The molecular weight excluding hydrogens is 242 g/mol. The maximum atomic E-state index is 11.8. The number of anilines is 1. The van der Waals surface area contributed by atoms with Gasteiger partial charge in [-0.3, -0.25) is 4.79 Å². The van der Waals surface area contributed by atoms with Crippen LogP contribution in [0.5, 0.6) is 0 Å². The van der Waals surface area contributed by atoms with Crippen molar-refractivity contribution in [3.63, 3.8) is 0 Å². The Bertz CT molecular complexity index is 707. The summed E-state index contributed by atoms with van der Waals surface area (Å²) in [6.07, 6.45) is 5.01. The largest absolute Gasteiger partial charge is 0.345 e. The molecule has 3 aromatic rings. The minimum Gasteiger partial charge on any atom is -0.345 e. The van der Waals surface area contributed by atoms with Crippen LogP contribution in [0, 0.1) is 0 Å². The van der Waals surface area contributed by atoms with Crippen molar-refractivity contribution in [3.05, 3.63) is 48.8 Å². The summed E-state index contributed by atoms with van der Waals surface area (Å²) in [5, 5.41) is 2.81. The summed E-state index contributed by atoms with van der Waals surface area (Å²) in [6, 6.07) is 7.22. The maximum Gasteiger partial charge on any atom is 0.232 e. The summed E-state index contributed by atoms with van der Waals surface area (Å²) in [5.74, 6) is 0.354. The molecule has 1 amide bonds. The van der Waals surface area contributed by atoms with Crippen LogP contribution in [0.15, 0.2) is 43.0 Å². The molecule has 0 fully saturated rings. The first-order chi connectivity index (χ1) is 9.31. The van der Waals surface area contributed by atoms with E-state index in [9.17, 15) is 4.79 Å². The zero-order chi connectivity index (χ0) is 13.1. The lowest BCUT2D eigenvalue weighted by Gasteiger charge is -2.04. The number of nitrogens with zero attached hydrogens (tertiary/aromatic N) is 3. The first-order valence-electron chi connectivity index (χ1n) is 5.80. The number of H-pyrrole nitrogens is 1. The Balaban J connectivity index is 1.72. The lowest BCUT2D eigenvalue weighted by Crippen LogP contribution is -2.15. The Hall–Kier alpha value is -2.76. The Labute approximate surface area is 108 Å². The fourth-order valence-electron chi connectivity index (χ4n) is 1.78. The summed E-state index contributed by atoms with van der Waals surface area (Å²) in [6.45, 7) is 0. The topological polar surface area (TPSA) is 83.6 Å². The Morgan fingerprint density at radius 2 is 2.05 bits per heavy atom. The molecule has 0 saturated carbocycles. The highest BCUT2D eigenvalue weighted by molar-refractivity contribution is 5.93. The van der Waals surface area contributed by atoms with Crippen LogP contribution in [0.2, 0.25) is 0 Å². The van der Waals surface area contributed by atoms with Gasteiger partial charge < -0.3 is 10.3 Å². The van der Waals surface area contributed by atoms with Crippen molar-refractivity contribution in [3.8, 4) is 0 Å². The van der Waals surface area contributed by atoms with Gasteiger partial charge in [0.1, 0.15) is 5.82 Å². The van der Waals surface area contributed by atoms with Crippen molar-refractivity contribution in [2.24, 2.45) is 0 Å². The third kappa shape index (κ3) is 2.57. The number of nitrogens with one attached hydrogen (secondary N) is 2. The highest BCUT2D eigenvalue weighted by Gasteiger charge is 2.06. The maximum absolute atomic E-state index is 11.8. The van der Waals surface area contributed by atoms with E-state index in [1.165, 1.54) is 0 Å². The van der Waals surface area contributed by atoms with Crippen LogP contribution >= 0.6 is 0 Å². The molecule has 0 bridgehead atoms. The zero-order valence-electron chi connectivity index (χ0n) is 10.00. The smallest absolute Gasteiger partial charge is 0.232 e. The lowest BCUT2D eigenvalue weighted by molar-refractivity contribution is -0.115. The molecule has 0 saturated heterocycles. The summed E-state index contributed by atoms with van der Waals surface area (Å²) in [4.78, 5) is 27.0. The van der Waals surface area contributed by atoms with Crippen LogP contribution in [0.4, 0.5) is 5.69 Å². The molecule has 0 unspecified atom stereocenters. The molecule has 94 valence electrons. The molecule has 19 heavy (non-hydrogen) atoms. The van der Waals surface area contributed by atoms with Gasteiger partial charge in [-0.05, 0) is 24.3 Å². The average Bonchev–Trinajstić information content (AvgIpc) is 2.87. The van der Waals surface area contributed by atoms with Crippen LogP contribution in [-0.4, -0.2) is 25.8 Å². The average molecular weight is 253 g/mol. The van der Waals surface area contributed by atoms with Gasteiger partial charge in [-0.15, -0.1) is 0 Å². The molecule has 0 aliphatic rings. The number of aromatic nitrogens is 4. The van der Waals surface area contributed by atoms with Gasteiger partial charge in [0.2, 0.25) is 5.91 Å². The normalized spacial score (nSPS) is 10.5. The second kappa shape index (κ2) is 4.85. The van der Waals surface area contributed by atoms with E-state index < -0.39 is 0 Å². The molecule has 0 radical (unpaired) electrons. The molecule has 0 atom stereocenters. The van der Waals surface area contributed by atoms with Crippen LogP contribution < -0.4 is 5.32 Å². The summed E-state index contributed by atoms with van der Waals surface area (Å²) in [7, 11) is 0. The molecule has 6 nitrogen and oxygen atoms in total. The van der Waals surface area contributed by atoms with Crippen LogP contribution in [0.3, 0.4) is 0 Å². The minimum absolute atomic E-state index is 0.148. The number of hydrogen-bond acceptors (Lipinski definition) is 4. The molecule has 3 rings (SSSR count). The molecule has 2 aromatic heterocycles. The molecule has 6 heteroatoms. The Morgan fingerprint density at radius 3 is 2.89 bits per heavy atom. The predicted molar refractivity (Wildman–Crippen MR) is 70.5 cm³/mol. The molecular formula is C13H11N5O. The van der Waals surface area contributed by atoms with Gasteiger partial charge in [0.05, 0.1) is 23.8 Å². The van der Waals surface area contributed by atoms with Crippen molar-refractivity contribution < 1.29 is 4.79 Å². The lowest BCUT2D eigenvalue weighted by atomic mass is 10.2. The van der Waals surface area contributed by atoms with Crippen LogP contribution in [-0.2, 0) is 11.2 Å². The summed E-state index contributed by atoms with van der Waals surface area (Å²) in [5.41, 5.74) is 2.47. The molecule has 0 aliphatic carbocycles. The van der Waals surface area contributed by atoms with E-state index in [1.54, 1.807) is 24.8 Å². The van der Waals surface area contributed by atoms with Crippen LogP contribution in [0.25, 0.3) is 11.0 Å². The van der Waals surface area contributed by atoms with Gasteiger partial charge in [-0.25, -0.2) is 15.0 Å². The zero-order valence-corrected chi connectivity index (χ0v) is 10.00. The first kappa shape index (κ1) is 11.3. The van der Waals surface area contributed by atoms with Gasteiger partial charge in [0.15, 0.2) is 0 Å². The second-order valence-electron chi connectivity index (χ2n) is 4.02.